The van der Waals surface area contributed by atoms with Gasteiger partial charge in [-0.2, -0.15) is 0 Å². The van der Waals surface area contributed by atoms with Crippen molar-refractivity contribution in [2.45, 2.75) is 20.8 Å². The molecule has 1 heterocycles. The molecule has 0 saturated carbocycles. The summed E-state index contributed by atoms with van der Waals surface area (Å²) < 4.78 is 22.8. The number of likely N-dealkylation sites (N-methyl/N-ethyl adjacent to an activating group) is 1. The van der Waals surface area contributed by atoms with Gasteiger partial charge >= 0.3 is 0 Å². The Kier molecular flexibility index (Phi) is 7.95. The van der Waals surface area contributed by atoms with Gasteiger partial charge in [-0.25, -0.2) is 0 Å². The largest absolute Gasteiger partial charge is 0.494 e. The zero-order valence-corrected chi connectivity index (χ0v) is 19.2. The van der Waals surface area contributed by atoms with E-state index in [2.05, 4.69) is 13.8 Å². The summed E-state index contributed by atoms with van der Waals surface area (Å²) in [5.74, 6) is 2.88. The minimum absolute atomic E-state index is 0.615. The zero-order chi connectivity index (χ0) is 22.2. The topological polar surface area (TPSA) is 57.6 Å². The van der Waals surface area contributed by atoms with E-state index in [-0.39, 0.29) is 0 Å². The molecule has 0 unspecified atom stereocenters. The molecule has 0 amide bonds. The molecule has 0 aliphatic rings. The Bertz CT molecular complexity index is 1070. The maximum atomic E-state index is 6.25. The molecule has 31 heavy (non-hydrogen) atoms. The number of benzene rings is 2. The standard InChI is InChI=1S/C25H32N2O4/c1-6-27(7-2)14-13-26-21-17-24(18-9-11-23(28-4)25(15-18)29-5)31-22-12-10-19(30-8-3)16-20(21)22/h9-12,15-17H,6-8,13-14H2,1-5H3/p+1. The van der Waals surface area contributed by atoms with Gasteiger partial charge in [-0.3, -0.25) is 4.99 Å². The Labute approximate surface area is 184 Å². The number of methoxy groups -OCH3 is 2. The number of rotatable bonds is 10. The van der Waals surface area contributed by atoms with Crippen molar-refractivity contribution in [3.05, 3.63) is 47.8 Å². The predicted molar refractivity (Wildman–Crippen MR) is 123 cm³/mol. The molecule has 1 aromatic heterocycles. The van der Waals surface area contributed by atoms with Crippen molar-refractivity contribution < 1.29 is 23.5 Å². The van der Waals surface area contributed by atoms with Crippen LogP contribution in [0.3, 0.4) is 0 Å². The van der Waals surface area contributed by atoms with Gasteiger partial charge < -0.3 is 23.5 Å². The molecule has 0 aliphatic heterocycles. The number of nitrogens with zero attached hydrogens (tertiary/aromatic N) is 1. The second-order valence-electron chi connectivity index (χ2n) is 7.25. The van der Waals surface area contributed by atoms with Crippen molar-refractivity contribution in [3.8, 4) is 28.6 Å². The molecule has 0 atom stereocenters. The summed E-state index contributed by atoms with van der Waals surface area (Å²) in [7, 11) is 3.26. The third-order valence-electron chi connectivity index (χ3n) is 5.44. The lowest BCUT2D eigenvalue weighted by Crippen LogP contribution is -3.11. The summed E-state index contributed by atoms with van der Waals surface area (Å²) >= 11 is 0. The average molecular weight is 426 g/mol. The molecule has 3 aromatic rings. The Morgan fingerprint density at radius 2 is 1.68 bits per heavy atom. The zero-order valence-electron chi connectivity index (χ0n) is 19.2. The second-order valence-corrected chi connectivity index (χ2v) is 7.25. The molecular formula is C25H33N2O4+. The van der Waals surface area contributed by atoms with Crippen molar-refractivity contribution in [3.63, 3.8) is 0 Å². The van der Waals surface area contributed by atoms with Gasteiger partial charge in [-0.15, -0.1) is 0 Å². The smallest absolute Gasteiger partial charge is 0.161 e. The Balaban J connectivity index is 2.10. The molecular weight excluding hydrogens is 392 g/mol. The van der Waals surface area contributed by atoms with Gasteiger partial charge in [0.2, 0.25) is 0 Å². The van der Waals surface area contributed by atoms with E-state index in [1.807, 2.05) is 49.4 Å². The first-order chi connectivity index (χ1) is 15.1. The predicted octanol–water partition coefficient (Wildman–Crippen LogP) is 3.34. The van der Waals surface area contributed by atoms with Crippen LogP contribution < -0.4 is 24.5 Å². The molecule has 0 aliphatic carbocycles. The first-order valence-corrected chi connectivity index (χ1v) is 10.9. The van der Waals surface area contributed by atoms with Crippen molar-refractivity contribution >= 4 is 11.0 Å². The number of fused-ring (bicyclic) bond motifs is 1. The lowest BCUT2D eigenvalue weighted by molar-refractivity contribution is -0.894. The third-order valence-corrected chi connectivity index (χ3v) is 5.44. The van der Waals surface area contributed by atoms with Crippen LogP contribution >= 0.6 is 0 Å². The lowest BCUT2D eigenvalue weighted by Gasteiger charge is -2.13. The fourth-order valence-electron chi connectivity index (χ4n) is 3.61. The second kappa shape index (κ2) is 10.9. The summed E-state index contributed by atoms with van der Waals surface area (Å²) in [6, 6.07) is 13.6. The minimum Gasteiger partial charge on any atom is -0.494 e. The SMILES string of the molecule is CCOc1ccc2oc(-c3ccc(OC)c(OC)c3)cc(=NCC[NH+](CC)CC)c2c1. The van der Waals surface area contributed by atoms with Crippen molar-refractivity contribution in [2.75, 3.05) is 47.0 Å². The monoisotopic (exact) mass is 425 g/mol. The molecule has 6 heteroatoms. The van der Waals surface area contributed by atoms with Gasteiger partial charge in [-0.05, 0) is 57.2 Å². The summed E-state index contributed by atoms with van der Waals surface area (Å²) in [6.07, 6.45) is 0. The average Bonchev–Trinajstić information content (AvgIpc) is 2.81. The number of hydrogen-bond donors (Lipinski definition) is 1. The molecule has 0 bridgehead atoms. The highest BCUT2D eigenvalue weighted by atomic mass is 16.5. The van der Waals surface area contributed by atoms with Gasteiger partial charge in [0.05, 0.1) is 52.4 Å². The van der Waals surface area contributed by atoms with Crippen LogP contribution in [-0.2, 0) is 0 Å². The number of ether oxygens (including phenoxy) is 3. The fourth-order valence-corrected chi connectivity index (χ4v) is 3.61. The van der Waals surface area contributed by atoms with Crippen LogP contribution in [0.2, 0.25) is 0 Å². The van der Waals surface area contributed by atoms with Gasteiger partial charge in [0.25, 0.3) is 0 Å². The first kappa shape index (κ1) is 22.7. The van der Waals surface area contributed by atoms with Crippen LogP contribution in [-0.4, -0.2) is 47.0 Å². The normalized spacial score (nSPS) is 11.9. The van der Waals surface area contributed by atoms with E-state index in [1.165, 1.54) is 4.90 Å². The molecule has 0 saturated heterocycles. The minimum atomic E-state index is 0.615. The van der Waals surface area contributed by atoms with Crippen LogP contribution in [0.1, 0.15) is 20.8 Å². The summed E-state index contributed by atoms with van der Waals surface area (Å²) in [6.45, 7) is 11.0. The van der Waals surface area contributed by atoms with E-state index < -0.39 is 0 Å². The van der Waals surface area contributed by atoms with Gasteiger partial charge in [-0.1, -0.05) is 0 Å². The molecule has 6 nitrogen and oxygen atoms in total. The van der Waals surface area contributed by atoms with E-state index in [4.69, 9.17) is 23.6 Å². The maximum absolute atomic E-state index is 6.25. The first-order valence-electron chi connectivity index (χ1n) is 10.9. The number of hydrogen-bond acceptors (Lipinski definition) is 5. The molecule has 2 aromatic carbocycles. The highest BCUT2D eigenvalue weighted by Crippen LogP contribution is 2.33. The van der Waals surface area contributed by atoms with Crippen LogP contribution in [0.25, 0.3) is 22.3 Å². The number of quaternary nitrogens is 1. The van der Waals surface area contributed by atoms with Crippen molar-refractivity contribution in [1.82, 2.24) is 0 Å². The highest BCUT2D eigenvalue weighted by Gasteiger charge is 2.11. The van der Waals surface area contributed by atoms with E-state index >= 15 is 0 Å². The quantitative estimate of drug-likeness (QED) is 0.541. The van der Waals surface area contributed by atoms with Crippen molar-refractivity contribution in [1.29, 1.82) is 0 Å². The molecule has 0 spiro atoms. The summed E-state index contributed by atoms with van der Waals surface area (Å²) in [4.78, 5) is 6.47. The Hall–Kier alpha value is -2.99. The van der Waals surface area contributed by atoms with E-state index in [0.29, 0.717) is 18.1 Å². The maximum Gasteiger partial charge on any atom is 0.161 e. The molecule has 0 fully saturated rings. The van der Waals surface area contributed by atoms with Crippen LogP contribution in [0, 0.1) is 0 Å². The highest BCUT2D eigenvalue weighted by molar-refractivity contribution is 5.80. The van der Waals surface area contributed by atoms with Gasteiger partial charge in [0, 0.05) is 17.0 Å². The molecule has 166 valence electrons. The van der Waals surface area contributed by atoms with Crippen LogP contribution in [0.5, 0.6) is 17.2 Å². The van der Waals surface area contributed by atoms with Gasteiger partial charge in [0.1, 0.15) is 17.1 Å². The van der Waals surface area contributed by atoms with E-state index in [0.717, 1.165) is 59.6 Å². The molecule has 1 N–H and O–H groups in total. The van der Waals surface area contributed by atoms with Crippen molar-refractivity contribution in [2.24, 2.45) is 4.99 Å². The molecule has 0 radical (unpaired) electrons. The summed E-state index contributed by atoms with van der Waals surface area (Å²) in [5, 5.41) is 1.85. The number of nitrogens with one attached hydrogen (secondary N) is 1. The summed E-state index contributed by atoms with van der Waals surface area (Å²) in [5.41, 5.74) is 1.67. The van der Waals surface area contributed by atoms with E-state index in [9.17, 15) is 0 Å². The molecule has 3 rings (SSSR count). The van der Waals surface area contributed by atoms with Crippen LogP contribution in [0.4, 0.5) is 0 Å². The Morgan fingerprint density at radius 3 is 2.35 bits per heavy atom. The third kappa shape index (κ3) is 5.39. The van der Waals surface area contributed by atoms with Gasteiger partial charge in [0.15, 0.2) is 11.5 Å². The Morgan fingerprint density at radius 1 is 0.903 bits per heavy atom. The van der Waals surface area contributed by atoms with E-state index in [1.54, 1.807) is 14.2 Å². The fraction of sp³-hybridized carbons (Fsp3) is 0.400. The lowest BCUT2D eigenvalue weighted by atomic mass is 10.1. The van der Waals surface area contributed by atoms with Crippen LogP contribution in [0.15, 0.2) is 51.9 Å².